The molecule has 0 amide bonds. The molecule has 23 heavy (non-hydrogen) atoms. The van der Waals surface area contributed by atoms with E-state index in [4.69, 9.17) is 14.0 Å². The lowest BCUT2D eigenvalue weighted by atomic mass is 10.1. The van der Waals surface area contributed by atoms with Gasteiger partial charge in [-0.15, -0.1) is 0 Å². The Hall–Kier alpha value is -1.82. The molecular weight excluding hydrogens is 362 g/mol. The fourth-order valence-corrected chi connectivity index (χ4v) is 2.95. The van der Waals surface area contributed by atoms with Crippen LogP contribution in [-0.4, -0.2) is 24.7 Å². The van der Waals surface area contributed by atoms with Gasteiger partial charge >= 0.3 is 0 Å². The molecule has 6 heteroatoms. The van der Waals surface area contributed by atoms with E-state index in [1.165, 1.54) is 12.8 Å². The van der Waals surface area contributed by atoms with Crippen molar-refractivity contribution in [3.8, 4) is 22.8 Å². The summed E-state index contributed by atoms with van der Waals surface area (Å²) >= 11 is 3.22. The molecule has 1 saturated carbocycles. The molecular formula is C17H18BrNO4. The number of carbonyl (C=O) groups excluding carboxylic acids is 1. The molecule has 1 aliphatic rings. The molecule has 1 fully saturated rings. The van der Waals surface area contributed by atoms with E-state index in [9.17, 15) is 4.79 Å². The fourth-order valence-electron chi connectivity index (χ4n) is 2.74. The average molecular weight is 380 g/mol. The van der Waals surface area contributed by atoms with Gasteiger partial charge in [-0.2, -0.15) is 0 Å². The summed E-state index contributed by atoms with van der Waals surface area (Å²) in [5.41, 5.74) is 1.52. The van der Waals surface area contributed by atoms with Crippen LogP contribution in [0, 0.1) is 0 Å². The Morgan fingerprint density at radius 1 is 1.30 bits per heavy atom. The van der Waals surface area contributed by atoms with E-state index in [1.807, 2.05) is 18.2 Å². The number of benzene rings is 1. The molecule has 2 aromatic rings. The Morgan fingerprint density at radius 2 is 2.09 bits per heavy atom. The van der Waals surface area contributed by atoms with E-state index < -0.39 is 4.83 Å². The van der Waals surface area contributed by atoms with Crippen LogP contribution in [0.2, 0.25) is 0 Å². The highest BCUT2D eigenvalue weighted by Gasteiger charge is 2.20. The maximum Gasteiger partial charge on any atom is 0.162 e. The fraction of sp³-hybridized carbons (Fsp3) is 0.412. The van der Waals surface area contributed by atoms with Gasteiger partial charge in [-0.25, -0.2) is 0 Å². The number of methoxy groups -OCH3 is 1. The third-order valence-electron chi connectivity index (χ3n) is 3.97. The Balaban J connectivity index is 1.87. The van der Waals surface area contributed by atoms with Gasteiger partial charge in [-0.3, -0.25) is 0 Å². The van der Waals surface area contributed by atoms with E-state index in [2.05, 4.69) is 21.1 Å². The van der Waals surface area contributed by atoms with Gasteiger partial charge in [0.15, 0.2) is 17.3 Å². The van der Waals surface area contributed by atoms with E-state index in [0.717, 1.165) is 24.7 Å². The number of aromatic nitrogens is 1. The summed E-state index contributed by atoms with van der Waals surface area (Å²) in [6.07, 6.45) is 5.56. The van der Waals surface area contributed by atoms with Crippen molar-refractivity contribution >= 4 is 22.2 Å². The molecule has 1 aliphatic carbocycles. The molecule has 1 aromatic carbocycles. The maximum atomic E-state index is 10.8. The first-order chi connectivity index (χ1) is 11.2. The summed E-state index contributed by atoms with van der Waals surface area (Å²) in [5, 5.41) is 4.02. The van der Waals surface area contributed by atoms with Crippen molar-refractivity contribution in [1.29, 1.82) is 0 Å². The summed E-state index contributed by atoms with van der Waals surface area (Å²) in [4.78, 5) is 10.3. The van der Waals surface area contributed by atoms with Crippen LogP contribution in [0.3, 0.4) is 0 Å². The maximum absolute atomic E-state index is 10.8. The van der Waals surface area contributed by atoms with Gasteiger partial charge in [0.25, 0.3) is 0 Å². The van der Waals surface area contributed by atoms with Crippen LogP contribution in [0.4, 0.5) is 0 Å². The van der Waals surface area contributed by atoms with E-state index in [1.54, 1.807) is 13.2 Å². The van der Waals surface area contributed by atoms with Crippen LogP contribution in [0.5, 0.6) is 11.5 Å². The van der Waals surface area contributed by atoms with Crippen LogP contribution >= 0.6 is 15.9 Å². The number of alkyl halides is 1. The molecule has 122 valence electrons. The Bertz CT molecular complexity index is 679. The molecule has 0 radical (unpaired) electrons. The van der Waals surface area contributed by atoms with Crippen LogP contribution in [0.15, 0.2) is 28.8 Å². The third kappa shape index (κ3) is 3.58. The monoisotopic (exact) mass is 379 g/mol. The third-order valence-corrected chi connectivity index (χ3v) is 4.64. The van der Waals surface area contributed by atoms with Crippen molar-refractivity contribution in [2.75, 3.05) is 7.11 Å². The van der Waals surface area contributed by atoms with Crippen LogP contribution in [0.1, 0.15) is 36.3 Å². The van der Waals surface area contributed by atoms with Crippen LogP contribution in [0.25, 0.3) is 11.3 Å². The highest BCUT2D eigenvalue weighted by atomic mass is 79.9. The number of rotatable bonds is 6. The van der Waals surface area contributed by atoms with Gasteiger partial charge in [0.2, 0.25) is 0 Å². The molecule has 5 nitrogen and oxygen atoms in total. The zero-order valence-corrected chi connectivity index (χ0v) is 14.4. The molecule has 1 aromatic heterocycles. The normalized spacial score (nSPS) is 16.3. The molecule has 0 saturated heterocycles. The highest BCUT2D eigenvalue weighted by Crippen LogP contribution is 2.36. The van der Waals surface area contributed by atoms with Crippen molar-refractivity contribution in [3.05, 3.63) is 30.0 Å². The summed E-state index contributed by atoms with van der Waals surface area (Å²) < 4.78 is 16.7. The SMILES string of the molecule is COc1ccc(-c2cc(C(Br)C=O)on2)cc1OC1CCCC1. The van der Waals surface area contributed by atoms with Gasteiger partial charge in [0.1, 0.15) is 16.8 Å². The first kappa shape index (κ1) is 16.1. The predicted molar refractivity (Wildman–Crippen MR) is 89.1 cm³/mol. The van der Waals surface area contributed by atoms with E-state index in [0.29, 0.717) is 23.0 Å². The smallest absolute Gasteiger partial charge is 0.162 e. The van der Waals surface area contributed by atoms with Crippen molar-refractivity contribution in [2.45, 2.75) is 36.6 Å². The number of hydrogen-bond acceptors (Lipinski definition) is 5. The highest BCUT2D eigenvalue weighted by molar-refractivity contribution is 9.09. The predicted octanol–water partition coefficient (Wildman–Crippen LogP) is 4.31. The number of nitrogens with zero attached hydrogens (tertiary/aromatic N) is 1. The number of halogens is 1. The first-order valence-electron chi connectivity index (χ1n) is 7.62. The number of hydrogen-bond donors (Lipinski definition) is 0. The molecule has 0 N–H and O–H groups in total. The molecule has 1 heterocycles. The first-order valence-corrected chi connectivity index (χ1v) is 8.54. The largest absolute Gasteiger partial charge is 0.493 e. The van der Waals surface area contributed by atoms with Crippen molar-refractivity contribution in [3.63, 3.8) is 0 Å². The molecule has 0 aliphatic heterocycles. The number of carbonyl (C=O) groups is 1. The second-order valence-corrected chi connectivity index (χ2v) is 6.53. The van der Waals surface area contributed by atoms with E-state index >= 15 is 0 Å². The van der Waals surface area contributed by atoms with Gasteiger partial charge in [0, 0.05) is 11.6 Å². The van der Waals surface area contributed by atoms with Crippen LogP contribution < -0.4 is 9.47 Å². The molecule has 0 bridgehead atoms. The van der Waals surface area contributed by atoms with Gasteiger partial charge < -0.3 is 18.8 Å². The quantitative estimate of drug-likeness (QED) is 0.552. The molecule has 0 spiro atoms. The summed E-state index contributed by atoms with van der Waals surface area (Å²) in [6, 6.07) is 7.41. The zero-order chi connectivity index (χ0) is 16.2. The Morgan fingerprint density at radius 3 is 2.78 bits per heavy atom. The lowest BCUT2D eigenvalue weighted by molar-refractivity contribution is -0.107. The lowest BCUT2D eigenvalue weighted by Crippen LogP contribution is -2.11. The van der Waals surface area contributed by atoms with Crippen molar-refractivity contribution in [1.82, 2.24) is 5.16 Å². The summed E-state index contributed by atoms with van der Waals surface area (Å²) in [5.74, 6) is 1.90. The number of ether oxygens (including phenoxy) is 2. The minimum atomic E-state index is -0.490. The Labute approximate surface area is 143 Å². The average Bonchev–Trinajstić information content (AvgIpc) is 3.25. The lowest BCUT2D eigenvalue weighted by Gasteiger charge is -2.16. The molecule has 1 unspecified atom stereocenters. The van der Waals surface area contributed by atoms with E-state index in [-0.39, 0.29) is 6.10 Å². The Kier molecular flexibility index (Phi) is 5.00. The van der Waals surface area contributed by atoms with Crippen molar-refractivity contribution in [2.24, 2.45) is 0 Å². The van der Waals surface area contributed by atoms with Crippen LogP contribution in [-0.2, 0) is 4.79 Å². The molecule has 3 rings (SSSR count). The zero-order valence-electron chi connectivity index (χ0n) is 12.8. The second-order valence-electron chi connectivity index (χ2n) is 5.54. The second kappa shape index (κ2) is 7.17. The van der Waals surface area contributed by atoms with Gasteiger partial charge in [0.05, 0.1) is 13.2 Å². The number of aldehydes is 1. The standard InChI is InChI=1S/C17H18BrNO4/c1-21-15-7-6-11(8-17(15)22-12-4-2-3-5-12)14-9-16(23-19-14)13(18)10-20/h6-10,12-13H,2-5H2,1H3. The van der Waals surface area contributed by atoms with Crippen molar-refractivity contribution < 1.29 is 18.8 Å². The minimum absolute atomic E-state index is 0.244. The minimum Gasteiger partial charge on any atom is -0.493 e. The van der Waals surface area contributed by atoms with Gasteiger partial charge in [-0.05, 0) is 43.9 Å². The molecule has 1 atom stereocenters. The van der Waals surface area contributed by atoms with Gasteiger partial charge in [-0.1, -0.05) is 21.1 Å². The topological polar surface area (TPSA) is 61.6 Å². The summed E-state index contributed by atoms with van der Waals surface area (Å²) in [6.45, 7) is 0. The summed E-state index contributed by atoms with van der Waals surface area (Å²) in [7, 11) is 1.63.